The van der Waals surface area contributed by atoms with Gasteiger partial charge in [0.25, 0.3) is 0 Å². The molecule has 0 radical (unpaired) electrons. The zero-order valence-electron chi connectivity index (χ0n) is 10.6. The molecule has 1 aliphatic carbocycles. The second kappa shape index (κ2) is 5.63. The first-order chi connectivity index (χ1) is 8.22. The zero-order chi connectivity index (χ0) is 12.3. The van der Waals surface area contributed by atoms with Crippen LogP contribution in [0.1, 0.15) is 44.9 Å². The Kier molecular flexibility index (Phi) is 4.15. The van der Waals surface area contributed by atoms with Gasteiger partial charge >= 0.3 is 0 Å². The maximum atomic E-state index is 11.7. The van der Waals surface area contributed by atoms with E-state index in [1.165, 1.54) is 24.2 Å². The molecule has 17 heavy (non-hydrogen) atoms. The van der Waals surface area contributed by atoms with E-state index in [4.69, 9.17) is 0 Å². The van der Waals surface area contributed by atoms with E-state index < -0.39 is 0 Å². The Morgan fingerprint density at radius 2 is 1.88 bits per heavy atom. The van der Waals surface area contributed by atoms with E-state index in [2.05, 4.69) is 5.32 Å². The molecular weight excluding hydrogens is 216 g/mol. The second-order valence-electron chi connectivity index (χ2n) is 5.17. The fourth-order valence-corrected chi connectivity index (χ4v) is 3.11. The van der Waals surface area contributed by atoms with E-state index in [0.717, 1.165) is 12.8 Å². The van der Waals surface area contributed by atoms with Crippen molar-refractivity contribution in [1.82, 2.24) is 10.2 Å². The molecule has 1 heterocycles. The number of carbonyl (C=O) groups is 2. The van der Waals surface area contributed by atoms with Gasteiger partial charge in [-0.2, -0.15) is 0 Å². The van der Waals surface area contributed by atoms with E-state index in [0.29, 0.717) is 31.3 Å². The molecule has 4 nitrogen and oxygen atoms in total. The third kappa shape index (κ3) is 2.86. The predicted octanol–water partition coefficient (Wildman–Crippen LogP) is 1.30. The van der Waals surface area contributed by atoms with Crippen LogP contribution < -0.4 is 5.32 Å². The van der Waals surface area contributed by atoms with Gasteiger partial charge in [-0.15, -0.1) is 0 Å². The number of hydrogen-bond donors (Lipinski definition) is 1. The average Bonchev–Trinajstić information content (AvgIpc) is 2.76. The van der Waals surface area contributed by atoms with Crippen molar-refractivity contribution in [2.24, 2.45) is 5.92 Å². The number of imide groups is 1. The Bertz CT molecular complexity index is 288. The van der Waals surface area contributed by atoms with E-state index in [-0.39, 0.29) is 11.8 Å². The number of piperidine rings is 1. The summed E-state index contributed by atoms with van der Waals surface area (Å²) in [6.45, 7) is 0.626. The van der Waals surface area contributed by atoms with Gasteiger partial charge in [0.2, 0.25) is 11.8 Å². The molecule has 2 aliphatic rings. The fraction of sp³-hybridized carbons (Fsp3) is 0.846. The molecule has 0 bridgehead atoms. The van der Waals surface area contributed by atoms with Crippen molar-refractivity contribution in [1.29, 1.82) is 0 Å². The summed E-state index contributed by atoms with van der Waals surface area (Å²) in [5.74, 6) is 0.683. The first-order valence-corrected chi connectivity index (χ1v) is 6.73. The number of hydrogen-bond acceptors (Lipinski definition) is 3. The second-order valence-corrected chi connectivity index (χ2v) is 5.17. The highest BCUT2D eigenvalue weighted by atomic mass is 16.2. The molecule has 1 saturated heterocycles. The lowest BCUT2D eigenvalue weighted by atomic mass is 9.98. The van der Waals surface area contributed by atoms with Gasteiger partial charge in [0.1, 0.15) is 0 Å². The number of amides is 2. The van der Waals surface area contributed by atoms with Crippen molar-refractivity contribution in [3.05, 3.63) is 0 Å². The standard InChI is InChI=1S/C13H22N2O2/c1-14-11-5-2-4-10(11)8-9-15-12(16)6-3-7-13(15)17/h10-11,14H,2-9H2,1H3. The molecule has 2 atom stereocenters. The van der Waals surface area contributed by atoms with Gasteiger partial charge in [0.15, 0.2) is 0 Å². The zero-order valence-corrected chi connectivity index (χ0v) is 10.6. The number of rotatable bonds is 4. The Balaban J connectivity index is 1.84. The van der Waals surface area contributed by atoms with Crippen LogP contribution in [-0.2, 0) is 9.59 Å². The number of nitrogens with zero attached hydrogens (tertiary/aromatic N) is 1. The molecule has 96 valence electrons. The maximum Gasteiger partial charge on any atom is 0.229 e. The van der Waals surface area contributed by atoms with Crippen LogP contribution in [0.4, 0.5) is 0 Å². The average molecular weight is 238 g/mol. The summed E-state index contributed by atoms with van der Waals surface area (Å²) < 4.78 is 0. The molecule has 1 N–H and O–H groups in total. The maximum absolute atomic E-state index is 11.7. The summed E-state index contributed by atoms with van der Waals surface area (Å²) in [5, 5.41) is 3.34. The molecule has 0 aromatic heterocycles. The monoisotopic (exact) mass is 238 g/mol. The highest BCUT2D eigenvalue weighted by Crippen LogP contribution is 2.28. The summed E-state index contributed by atoms with van der Waals surface area (Å²) in [4.78, 5) is 24.8. The summed E-state index contributed by atoms with van der Waals surface area (Å²) in [5.41, 5.74) is 0. The highest BCUT2D eigenvalue weighted by Gasteiger charge is 2.29. The lowest BCUT2D eigenvalue weighted by Gasteiger charge is -2.27. The molecule has 1 saturated carbocycles. The SMILES string of the molecule is CNC1CCCC1CCN1C(=O)CCCC1=O. The molecule has 2 rings (SSSR count). The third-order valence-electron chi connectivity index (χ3n) is 4.14. The van der Waals surface area contributed by atoms with Crippen molar-refractivity contribution in [2.75, 3.05) is 13.6 Å². The van der Waals surface area contributed by atoms with E-state index >= 15 is 0 Å². The predicted molar refractivity (Wildman–Crippen MR) is 65.4 cm³/mol. The fourth-order valence-electron chi connectivity index (χ4n) is 3.11. The summed E-state index contributed by atoms with van der Waals surface area (Å²) in [6, 6.07) is 0.574. The Morgan fingerprint density at radius 1 is 1.18 bits per heavy atom. The van der Waals surface area contributed by atoms with Crippen molar-refractivity contribution in [3.63, 3.8) is 0 Å². The normalized spacial score (nSPS) is 30.1. The van der Waals surface area contributed by atoms with Crippen LogP contribution in [-0.4, -0.2) is 36.3 Å². The summed E-state index contributed by atoms with van der Waals surface area (Å²) in [7, 11) is 2.00. The highest BCUT2D eigenvalue weighted by molar-refractivity contribution is 5.97. The van der Waals surface area contributed by atoms with Crippen molar-refractivity contribution in [3.8, 4) is 0 Å². The lowest BCUT2D eigenvalue weighted by molar-refractivity contribution is -0.148. The Hall–Kier alpha value is -0.900. The van der Waals surface area contributed by atoms with Gasteiger partial charge in [0, 0.05) is 25.4 Å². The molecule has 0 aromatic rings. The summed E-state index contributed by atoms with van der Waals surface area (Å²) >= 11 is 0. The molecule has 1 aliphatic heterocycles. The Labute approximate surface area is 103 Å². The summed E-state index contributed by atoms with van der Waals surface area (Å²) in [6.07, 6.45) is 6.50. The van der Waals surface area contributed by atoms with Crippen LogP contribution in [0.5, 0.6) is 0 Å². The minimum absolute atomic E-state index is 0.0280. The van der Waals surface area contributed by atoms with Gasteiger partial charge in [-0.1, -0.05) is 6.42 Å². The van der Waals surface area contributed by atoms with Crippen LogP contribution in [0.15, 0.2) is 0 Å². The van der Waals surface area contributed by atoms with E-state index in [1.807, 2.05) is 7.05 Å². The van der Waals surface area contributed by atoms with Gasteiger partial charge in [-0.25, -0.2) is 0 Å². The van der Waals surface area contributed by atoms with Gasteiger partial charge in [-0.3, -0.25) is 14.5 Å². The molecule has 2 unspecified atom stereocenters. The molecule has 0 spiro atoms. The quantitative estimate of drug-likeness (QED) is 0.751. The number of likely N-dealkylation sites (tertiary alicyclic amines) is 1. The topological polar surface area (TPSA) is 49.4 Å². The van der Waals surface area contributed by atoms with Crippen molar-refractivity contribution < 1.29 is 9.59 Å². The van der Waals surface area contributed by atoms with Gasteiger partial charge in [0.05, 0.1) is 0 Å². The molecule has 0 aromatic carbocycles. The third-order valence-corrected chi connectivity index (χ3v) is 4.14. The van der Waals surface area contributed by atoms with Crippen LogP contribution in [0.3, 0.4) is 0 Å². The van der Waals surface area contributed by atoms with Crippen LogP contribution >= 0.6 is 0 Å². The number of nitrogens with one attached hydrogen (secondary N) is 1. The van der Waals surface area contributed by atoms with Crippen LogP contribution in [0.25, 0.3) is 0 Å². The van der Waals surface area contributed by atoms with Crippen LogP contribution in [0.2, 0.25) is 0 Å². The minimum Gasteiger partial charge on any atom is -0.317 e. The number of carbonyl (C=O) groups excluding carboxylic acids is 2. The van der Waals surface area contributed by atoms with Gasteiger partial charge in [-0.05, 0) is 38.6 Å². The van der Waals surface area contributed by atoms with Crippen molar-refractivity contribution >= 4 is 11.8 Å². The van der Waals surface area contributed by atoms with Gasteiger partial charge < -0.3 is 5.32 Å². The van der Waals surface area contributed by atoms with E-state index in [1.54, 1.807) is 0 Å². The van der Waals surface area contributed by atoms with E-state index in [9.17, 15) is 9.59 Å². The molecular formula is C13H22N2O2. The molecule has 2 fully saturated rings. The Morgan fingerprint density at radius 3 is 2.53 bits per heavy atom. The van der Waals surface area contributed by atoms with Crippen LogP contribution in [0, 0.1) is 5.92 Å². The lowest BCUT2D eigenvalue weighted by Crippen LogP contribution is -2.42. The molecule has 4 heteroatoms. The first-order valence-electron chi connectivity index (χ1n) is 6.73. The largest absolute Gasteiger partial charge is 0.317 e. The smallest absolute Gasteiger partial charge is 0.229 e. The minimum atomic E-state index is 0.0280. The molecule has 2 amide bonds. The first kappa shape index (κ1) is 12.6. The van der Waals surface area contributed by atoms with Crippen molar-refractivity contribution in [2.45, 2.75) is 51.0 Å².